The van der Waals surface area contributed by atoms with E-state index in [4.69, 9.17) is 4.74 Å². The fraction of sp³-hybridized carbons (Fsp3) is 0.235. The van der Waals surface area contributed by atoms with Crippen LogP contribution in [0.2, 0.25) is 0 Å². The Morgan fingerprint density at radius 1 is 1.05 bits per heavy atom. The fourth-order valence-electron chi connectivity index (χ4n) is 2.35. The van der Waals surface area contributed by atoms with Gasteiger partial charge in [0.1, 0.15) is 12.2 Å². The van der Waals surface area contributed by atoms with Gasteiger partial charge in [0.2, 0.25) is 0 Å². The summed E-state index contributed by atoms with van der Waals surface area (Å²) < 4.78 is 5.44. The van der Waals surface area contributed by atoms with Crippen LogP contribution in [-0.2, 0) is 9.53 Å². The molecule has 1 aliphatic heterocycles. The van der Waals surface area contributed by atoms with E-state index in [1.807, 2.05) is 60.7 Å². The first-order chi connectivity index (χ1) is 9.75. The van der Waals surface area contributed by atoms with E-state index in [1.54, 1.807) is 0 Å². The van der Waals surface area contributed by atoms with Gasteiger partial charge in [-0.3, -0.25) is 4.79 Å². The third-order valence-electron chi connectivity index (χ3n) is 3.52. The SMILES string of the molecule is O=C(CC(O)c1ccccc1)[C@@H]1O[C@H]1c1ccccc1. The maximum Gasteiger partial charge on any atom is 0.167 e. The van der Waals surface area contributed by atoms with Crippen molar-refractivity contribution in [3.8, 4) is 0 Å². The van der Waals surface area contributed by atoms with Crippen LogP contribution in [0.15, 0.2) is 60.7 Å². The molecular formula is C17H16O3. The fourth-order valence-corrected chi connectivity index (χ4v) is 2.35. The average molecular weight is 268 g/mol. The predicted molar refractivity (Wildman–Crippen MR) is 75.1 cm³/mol. The van der Waals surface area contributed by atoms with Gasteiger partial charge >= 0.3 is 0 Å². The lowest BCUT2D eigenvalue weighted by molar-refractivity contribution is -0.122. The summed E-state index contributed by atoms with van der Waals surface area (Å²) in [7, 11) is 0. The zero-order chi connectivity index (χ0) is 13.9. The van der Waals surface area contributed by atoms with Crippen LogP contribution in [0.3, 0.4) is 0 Å². The number of epoxide rings is 1. The van der Waals surface area contributed by atoms with Gasteiger partial charge in [-0.1, -0.05) is 60.7 Å². The summed E-state index contributed by atoms with van der Waals surface area (Å²) >= 11 is 0. The second-order valence-electron chi connectivity index (χ2n) is 4.98. The number of ether oxygens (including phenoxy) is 1. The van der Waals surface area contributed by atoms with Crippen molar-refractivity contribution in [3.63, 3.8) is 0 Å². The number of hydrogen-bond acceptors (Lipinski definition) is 3. The summed E-state index contributed by atoms with van der Waals surface area (Å²) in [6.07, 6.45) is -1.22. The van der Waals surface area contributed by atoms with Gasteiger partial charge in [0.05, 0.1) is 6.10 Å². The molecule has 0 radical (unpaired) electrons. The summed E-state index contributed by atoms with van der Waals surface area (Å²) in [6, 6.07) is 18.9. The van der Waals surface area contributed by atoms with Gasteiger partial charge in [-0.15, -0.1) is 0 Å². The molecule has 2 aromatic carbocycles. The van der Waals surface area contributed by atoms with Crippen molar-refractivity contribution in [1.82, 2.24) is 0 Å². The molecule has 102 valence electrons. The van der Waals surface area contributed by atoms with E-state index in [-0.39, 0.29) is 18.3 Å². The van der Waals surface area contributed by atoms with Crippen LogP contribution in [0.5, 0.6) is 0 Å². The van der Waals surface area contributed by atoms with Crippen LogP contribution in [0.1, 0.15) is 29.8 Å². The second kappa shape index (κ2) is 5.57. The van der Waals surface area contributed by atoms with Crippen LogP contribution in [-0.4, -0.2) is 17.0 Å². The Kier molecular flexibility index (Phi) is 3.63. The van der Waals surface area contributed by atoms with E-state index in [2.05, 4.69) is 0 Å². The minimum atomic E-state index is -0.760. The molecular weight excluding hydrogens is 252 g/mol. The number of carbonyl (C=O) groups excluding carboxylic acids is 1. The molecule has 1 fully saturated rings. The molecule has 3 heteroatoms. The molecule has 0 amide bonds. The third kappa shape index (κ3) is 2.79. The van der Waals surface area contributed by atoms with Crippen molar-refractivity contribution in [2.75, 3.05) is 0 Å². The lowest BCUT2D eigenvalue weighted by atomic mass is 10.0. The average Bonchev–Trinajstić information content (AvgIpc) is 3.29. The normalized spacial score (nSPS) is 22.2. The highest BCUT2D eigenvalue weighted by Crippen LogP contribution is 2.40. The Morgan fingerprint density at radius 3 is 2.30 bits per heavy atom. The van der Waals surface area contributed by atoms with E-state index in [0.29, 0.717) is 0 Å². The molecule has 3 nitrogen and oxygen atoms in total. The third-order valence-corrected chi connectivity index (χ3v) is 3.52. The van der Waals surface area contributed by atoms with Crippen molar-refractivity contribution in [2.45, 2.75) is 24.7 Å². The van der Waals surface area contributed by atoms with Crippen LogP contribution < -0.4 is 0 Å². The molecule has 0 bridgehead atoms. The van der Waals surface area contributed by atoms with Crippen LogP contribution >= 0.6 is 0 Å². The zero-order valence-corrected chi connectivity index (χ0v) is 11.0. The number of aliphatic hydroxyl groups is 1. The van der Waals surface area contributed by atoms with Gasteiger partial charge < -0.3 is 9.84 Å². The predicted octanol–water partition coefficient (Wildman–Crippen LogP) is 2.82. The van der Waals surface area contributed by atoms with E-state index < -0.39 is 12.2 Å². The first-order valence-electron chi connectivity index (χ1n) is 6.72. The van der Waals surface area contributed by atoms with Gasteiger partial charge in [0, 0.05) is 6.42 Å². The van der Waals surface area contributed by atoms with Crippen molar-refractivity contribution in [1.29, 1.82) is 0 Å². The summed E-state index contributed by atoms with van der Waals surface area (Å²) in [5.41, 5.74) is 1.78. The minimum absolute atomic E-state index is 0.0461. The number of ketones is 1. The molecule has 0 spiro atoms. The summed E-state index contributed by atoms with van der Waals surface area (Å²) in [5, 5.41) is 10.0. The molecule has 0 aromatic heterocycles. The largest absolute Gasteiger partial charge is 0.388 e. The Labute approximate surface area is 117 Å². The van der Waals surface area contributed by atoms with Crippen LogP contribution in [0.4, 0.5) is 0 Å². The first kappa shape index (κ1) is 13.0. The molecule has 1 aliphatic rings. The topological polar surface area (TPSA) is 49.8 Å². The number of rotatable bonds is 5. The molecule has 1 heterocycles. The van der Waals surface area contributed by atoms with Crippen LogP contribution in [0.25, 0.3) is 0 Å². The Morgan fingerprint density at radius 2 is 1.65 bits per heavy atom. The highest BCUT2D eigenvalue weighted by Gasteiger charge is 2.45. The smallest absolute Gasteiger partial charge is 0.167 e. The zero-order valence-electron chi connectivity index (χ0n) is 11.0. The maximum atomic E-state index is 12.1. The van der Waals surface area contributed by atoms with E-state index >= 15 is 0 Å². The van der Waals surface area contributed by atoms with Crippen molar-refractivity contribution in [3.05, 3.63) is 71.8 Å². The van der Waals surface area contributed by atoms with Gasteiger partial charge in [-0.25, -0.2) is 0 Å². The Hall–Kier alpha value is -1.97. The summed E-state index contributed by atoms with van der Waals surface area (Å²) in [4.78, 5) is 12.1. The Balaban J connectivity index is 1.59. The second-order valence-corrected chi connectivity index (χ2v) is 4.98. The van der Waals surface area contributed by atoms with E-state index in [0.717, 1.165) is 11.1 Å². The standard InChI is InChI=1S/C17H16O3/c18-14(12-7-3-1-4-8-12)11-15(19)17-16(20-17)13-9-5-2-6-10-13/h1-10,14,16-18H,11H2/t14?,16-,17-/m0/s1. The maximum absolute atomic E-state index is 12.1. The van der Waals surface area contributed by atoms with Gasteiger partial charge in [0.25, 0.3) is 0 Å². The number of hydrogen-bond donors (Lipinski definition) is 1. The Bertz CT molecular complexity index is 580. The number of Topliss-reactive ketones (excluding diaryl/α,β-unsaturated/α-hetero) is 1. The van der Waals surface area contributed by atoms with E-state index in [1.165, 1.54) is 0 Å². The van der Waals surface area contributed by atoms with E-state index in [9.17, 15) is 9.90 Å². The number of benzene rings is 2. The van der Waals surface area contributed by atoms with Crippen molar-refractivity contribution in [2.24, 2.45) is 0 Å². The molecule has 2 aromatic rings. The number of aliphatic hydroxyl groups excluding tert-OH is 1. The molecule has 0 aliphatic carbocycles. The highest BCUT2D eigenvalue weighted by atomic mass is 16.6. The molecule has 1 unspecified atom stereocenters. The molecule has 3 atom stereocenters. The van der Waals surface area contributed by atoms with Gasteiger partial charge in [-0.2, -0.15) is 0 Å². The minimum Gasteiger partial charge on any atom is -0.388 e. The lowest BCUT2D eigenvalue weighted by Crippen LogP contribution is -2.12. The van der Waals surface area contributed by atoms with Crippen molar-refractivity contribution < 1.29 is 14.6 Å². The van der Waals surface area contributed by atoms with Crippen LogP contribution in [0, 0.1) is 0 Å². The quantitative estimate of drug-likeness (QED) is 0.848. The molecule has 1 saturated heterocycles. The first-order valence-corrected chi connectivity index (χ1v) is 6.72. The molecule has 20 heavy (non-hydrogen) atoms. The molecule has 3 rings (SSSR count). The van der Waals surface area contributed by atoms with Crippen molar-refractivity contribution >= 4 is 5.78 Å². The summed E-state index contributed by atoms with van der Waals surface area (Å²) in [6.45, 7) is 0. The monoisotopic (exact) mass is 268 g/mol. The molecule has 1 N–H and O–H groups in total. The molecule has 0 saturated carbocycles. The lowest BCUT2D eigenvalue weighted by Gasteiger charge is -2.08. The summed E-state index contributed by atoms with van der Waals surface area (Å²) in [5.74, 6) is -0.0461. The van der Waals surface area contributed by atoms with Gasteiger partial charge in [0.15, 0.2) is 5.78 Å². The highest BCUT2D eigenvalue weighted by molar-refractivity contribution is 5.86. The van der Waals surface area contributed by atoms with Gasteiger partial charge in [-0.05, 0) is 11.1 Å². The number of carbonyl (C=O) groups is 1.